The first kappa shape index (κ1) is 17.1. The number of rotatable bonds is 8. The van der Waals surface area contributed by atoms with Crippen molar-refractivity contribution in [3.05, 3.63) is 65.7 Å². The number of ether oxygens (including phenoxy) is 1. The molecule has 0 aliphatic rings. The van der Waals surface area contributed by atoms with Gasteiger partial charge in [0.1, 0.15) is 5.75 Å². The van der Waals surface area contributed by atoms with Gasteiger partial charge in [-0.05, 0) is 42.2 Å². The number of carbonyl (C=O) groups excluding carboxylic acids is 1. The van der Waals surface area contributed by atoms with Crippen molar-refractivity contribution in [3.63, 3.8) is 0 Å². The molecule has 1 atom stereocenters. The molecule has 2 aromatic carbocycles. The predicted octanol–water partition coefficient (Wildman–Crippen LogP) is 4.40. The van der Waals surface area contributed by atoms with E-state index in [-0.39, 0.29) is 11.8 Å². The second kappa shape index (κ2) is 8.99. The Labute approximate surface area is 138 Å². The fourth-order valence-electron chi connectivity index (χ4n) is 2.28. The van der Waals surface area contributed by atoms with Gasteiger partial charge < -0.3 is 10.1 Å². The zero-order chi connectivity index (χ0) is 16.5. The van der Waals surface area contributed by atoms with Crippen LogP contribution in [0.15, 0.2) is 54.6 Å². The maximum atomic E-state index is 12.2. The molecule has 0 saturated carbocycles. The predicted molar refractivity (Wildman–Crippen MR) is 94.0 cm³/mol. The molecule has 2 rings (SSSR count). The molecule has 0 spiro atoms. The standard InChI is InChI=1S/C20H25NO2/c1-3-4-14-23-19-12-10-18(11-13-19)20(22)21-15-16(2)17-8-6-5-7-9-17/h5-13,16H,3-4,14-15H2,1-2H3,(H,21,22)/t16-/m0/s1. The van der Waals surface area contributed by atoms with Crippen LogP contribution in [0, 0.1) is 0 Å². The van der Waals surface area contributed by atoms with Crippen LogP contribution in [0.1, 0.15) is 48.5 Å². The van der Waals surface area contributed by atoms with Crippen LogP contribution in [-0.2, 0) is 0 Å². The molecule has 0 heterocycles. The molecule has 0 aliphatic carbocycles. The van der Waals surface area contributed by atoms with Crippen LogP contribution in [0.2, 0.25) is 0 Å². The van der Waals surface area contributed by atoms with Gasteiger partial charge in [0.05, 0.1) is 6.61 Å². The van der Waals surface area contributed by atoms with Crippen LogP contribution in [-0.4, -0.2) is 19.1 Å². The van der Waals surface area contributed by atoms with Gasteiger partial charge in [0.15, 0.2) is 0 Å². The highest BCUT2D eigenvalue weighted by atomic mass is 16.5. The monoisotopic (exact) mass is 311 g/mol. The van der Waals surface area contributed by atoms with E-state index in [9.17, 15) is 4.79 Å². The highest BCUT2D eigenvalue weighted by Crippen LogP contribution is 2.15. The van der Waals surface area contributed by atoms with Crippen LogP contribution in [0.5, 0.6) is 5.75 Å². The summed E-state index contributed by atoms with van der Waals surface area (Å²) in [5.74, 6) is 1.05. The Bertz CT molecular complexity index is 593. The van der Waals surface area contributed by atoms with E-state index in [0.29, 0.717) is 12.1 Å². The Morgan fingerprint density at radius 2 is 1.78 bits per heavy atom. The topological polar surface area (TPSA) is 38.3 Å². The molecule has 1 N–H and O–H groups in total. The molecule has 1 amide bonds. The van der Waals surface area contributed by atoms with E-state index in [1.54, 1.807) is 0 Å². The van der Waals surface area contributed by atoms with Crippen molar-refractivity contribution in [3.8, 4) is 5.75 Å². The number of nitrogens with one attached hydrogen (secondary N) is 1. The zero-order valence-corrected chi connectivity index (χ0v) is 13.9. The van der Waals surface area contributed by atoms with Crippen molar-refractivity contribution in [1.82, 2.24) is 5.32 Å². The van der Waals surface area contributed by atoms with Gasteiger partial charge in [-0.2, -0.15) is 0 Å². The first-order valence-corrected chi connectivity index (χ1v) is 8.26. The maximum absolute atomic E-state index is 12.2. The van der Waals surface area contributed by atoms with Crippen molar-refractivity contribution >= 4 is 5.91 Å². The van der Waals surface area contributed by atoms with Gasteiger partial charge in [-0.3, -0.25) is 4.79 Å². The minimum Gasteiger partial charge on any atom is -0.494 e. The fourth-order valence-corrected chi connectivity index (χ4v) is 2.28. The van der Waals surface area contributed by atoms with E-state index < -0.39 is 0 Å². The molecular formula is C20H25NO2. The van der Waals surface area contributed by atoms with Crippen molar-refractivity contribution < 1.29 is 9.53 Å². The molecule has 0 radical (unpaired) electrons. The van der Waals surface area contributed by atoms with Gasteiger partial charge >= 0.3 is 0 Å². The Morgan fingerprint density at radius 1 is 1.09 bits per heavy atom. The van der Waals surface area contributed by atoms with E-state index >= 15 is 0 Å². The molecule has 0 saturated heterocycles. The zero-order valence-electron chi connectivity index (χ0n) is 13.9. The lowest BCUT2D eigenvalue weighted by atomic mass is 10.0. The third kappa shape index (κ3) is 5.44. The lowest BCUT2D eigenvalue weighted by Gasteiger charge is -2.13. The van der Waals surface area contributed by atoms with Crippen LogP contribution in [0.4, 0.5) is 0 Å². The molecule has 2 aromatic rings. The van der Waals surface area contributed by atoms with Crippen LogP contribution < -0.4 is 10.1 Å². The van der Waals surface area contributed by atoms with Gasteiger partial charge in [0.25, 0.3) is 5.91 Å². The fraction of sp³-hybridized carbons (Fsp3) is 0.350. The molecule has 122 valence electrons. The van der Waals surface area contributed by atoms with Gasteiger partial charge in [-0.25, -0.2) is 0 Å². The second-order valence-corrected chi connectivity index (χ2v) is 5.75. The molecule has 0 bridgehead atoms. The van der Waals surface area contributed by atoms with Crippen LogP contribution in [0.3, 0.4) is 0 Å². The second-order valence-electron chi connectivity index (χ2n) is 5.75. The van der Waals surface area contributed by atoms with Gasteiger partial charge in [0, 0.05) is 12.1 Å². The Hall–Kier alpha value is -2.29. The normalized spacial score (nSPS) is 11.7. The van der Waals surface area contributed by atoms with E-state index in [1.165, 1.54) is 5.56 Å². The number of hydrogen-bond acceptors (Lipinski definition) is 2. The average Bonchev–Trinajstić information content (AvgIpc) is 2.61. The third-order valence-corrected chi connectivity index (χ3v) is 3.82. The lowest BCUT2D eigenvalue weighted by molar-refractivity contribution is 0.0951. The van der Waals surface area contributed by atoms with Gasteiger partial charge in [-0.15, -0.1) is 0 Å². The SMILES string of the molecule is CCCCOc1ccc(C(=O)NC[C@H](C)c2ccccc2)cc1. The summed E-state index contributed by atoms with van der Waals surface area (Å²) in [7, 11) is 0. The third-order valence-electron chi connectivity index (χ3n) is 3.82. The highest BCUT2D eigenvalue weighted by molar-refractivity contribution is 5.94. The number of unbranched alkanes of at least 4 members (excludes halogenated alkanes) is 1. The summed E-state index contributed by atoms with van der Waals surface area (Å²) in [6.07, 6.45) is 2.15. The van der Waals surface area contributed by atoms with E-state index in [1.807, 2.05) is 42.5 Å². The molecule has 0 fully saturated rings. The Balaban J connectivity index is 1.83. The summed E-state index contributed by atoms with van der Waals surface area (Å²) in [5, 5.41) is 2.99. The first-order chi connectivity index (χ1) is 11.2. The van der Waals surface area contributed by atoms with Crippen molar-refractivity contribution in [2.75, 3.05) is 13.2 Å². The maximum Gasteiger partial charge on any atom is 0.251 e. The van der Waals surface area contributed by atoms with E-state index in [4.69, 9.17) is 4.74 Å². The van der Waals surface area contributed by atoms with Crippen molar-refractivity contribution in [2.45, 2.75) is 32.6 Å². The van der Waals surface area contributed by atoms with Crippen molar-refractivity contribution in [2.24, 2.45) is 0 Å². The Kier molecular flexibility index (Phi) is 6.67. The highest BCUT2D eigenvalue weighted by Gasteiger charge is 2.09. The van der Waals surface area contributed by atoms with Crippen LogP contribution >= 0.6 is 0 Å². The van der Waals surface area contributed by atoms with E-state index in [2.05, 4.69) is 31.3 Å². The van der Waals surface area contributed by atoms with Crippen LogP contribution in [0.25, 0.3) is 0 Å². The minimum absolute atomic E-state index is 0.0483. The summed E-state index contributed by atoms with van der Waals surface area (Å²) in [6.45, 7) is 5.59. The summed E-state index contributed by atoms with van der Waals surface area (Å²) >= 11 is 0. The summed E-state index contributed by atoms with van der Waals surface area (Å²) in [6, 6.07) is 17.5. The molecule has 23 heavy (non-hydrogen) atoms. The first-order valence-electron chi connectivity index (χ1n) is 8.26. The summed E-state index contributed by atoms with van der Waals surface area (Å²) in [5.41, 5.74) is 1.89. The average molecular weight is 311 g/mol. The molecule has 0 aromatic heterocycles. The largest absolute Gasteiger partial charge is 0.494 e. The number of carbonyl (C=O) groups is 1. The summed E-state index contributed by atoms with van der Waals surface area (Å²) in [4.78, 5) is 12.2. The van der Waals surface area contributed by atoms with Gasteiger partial charge in [0.2, 0.25) is 0 Å². The van der Waals surface area contributed by atoms with Gasteiger partial charge in [-0.1, -0.05) is 50.6 Å². The lowest BCUT2D eigenvalue weighted by Crippen LogP contribution is -2.27. The van der Waals surface area contributed by atoms with Crippen molar-refractivity contribution in [1.29, 1.82) is 0 Å². The quantitative estimate of drug-likeness (QED) is 0.734. The molecule has 0 unspecified atom stereocenters. The molecular weight excluding hydrogens is 286 g/mol. The molecule has 3 nitrogen and oxygen atoms in total. The molecule has 3 heteroatoms. The number of benzene rings is 2. The smallest absolute Gasteiger partial charge is 0.251 e. The summed E-state index contributed by atoms with van der Waals surface area (Å²) < 4.78 is 5.61. The number of amides is 1. The van der Waals surface area contributed by atoms with E-state index in [0.717, 1.165) is 25.2 Å². The minimum atomic E-state index is -0.0483. The Morgan fingerprint density at radius 3 is 2.43 bits per heavy atom. The molecule has 0 aliphatic heterocycles. The number of hydrogen-bond donors (Lipinski definition) is 1.